The molecule has 0 bridgehead atoms. The Balaban J connectivity index is 1.58. The average molecular weight is 396 g/mol. The van der Waals surface area contributed by atoms with E-state index in [1.165, 1.54) is 23.1 Å². The number of para-hydroxylation sites is 1. The molecular formula is C20H17N3O2S2. The quantitative estimate of drug-likeness (QED) is 0.673. The van der Waals surface area contributed by atoms with Crippen LogP contribution in [0.2, 0.25) is 0 Å². The summed E-state index contributed by atoms with van der Waals surface area (Å²) in [5.41, 5.74) is 2.60. The van der Waals surface area contributed by atoms with E-state index < -0.39 is 4.75 Å². The van der Waals surface area contributed by atoms with Crippen LogP contribution in [0.5, 0.6) is 0 Å². The maximum absolute atomic E-state index is 13.0. The molecule has 1 aliphatic heterocycles. The van der Waals surface area contributed by atoms with E-state index in [1.807, 2.05) is 60.0 Å². The highest BCUT2D eigenvalue weighted by atomic mass is 32.2. The summed E-state index contributed by atoms with van der Waals surface area (Å²) in [6.45, 7) is 1.66. The molecule has 0 aliphatic carbocycles. The third-order valence-electron chi connectivity index (χ3n) is 4.48. The summed E-state index contributed by atoms with van der Waals surface area (Å²) in [6.07, 6.45) is 0. The van der Waals surface area contributed by atoms with Crippen LogP contribution in [-0.4, -0.2) is 28.6 Å². The Kier molecular flexibility index (Phi) is 4.49. The van der Waals surface area contributed by atoms with Crippen LogP contribution < -0.4 is 10.2 Å². The third-order valence-corrected chi connectivity index (χ3v) is 6.57. The minimum absolute atomic E-state index is 0.247. The molecule has 0 saturated heterocycles. The second-order valence-electron chi connectivity index (χ2n) is 6.33. The number of carbonyl (C=O) groups is 2. The number of thiazole rings is 1. The zero-order valence-electron chi connectivity index (χ0n) is 14.8. The van der Waals surface area contributed by atoms with Crippen molar-refractivity contribution in [2.24, 2.45) is 0 Å². The van der Waals surface area contributed by atoms with E-state index in [-0.39, 0.29) is 11.8 Å². The lowest BCUT2D eigenvalue weighted by Crippen LogP contribution is -2.53. The molecule has 0 spiro atoms. The molecule has 1 unspecified atom stereocenters. The predicted molar refractivity (Wildman–Crippen MR) is 110 cm³/mol. The van der Waals surface area contributed by atoms with Gasteiger partial charge < -0.3 is 10.2 Å². The van der Waals surface area contributed by atoms with Crippen LogP contribution >= 0.6 is 23.1 Å². The van der Waals surface area contributed by atoms with Gasteiger partial charge in [-0.25, -0.2) is 4.98 Å². The number of nitrogens with one attached hydrogen (secondary N) is 1. The van der Waals surface area contributed by atoms with Gasteiger partial charge in [0.05, 0.1) is 11.4 Å². The summed E-state index contributed by atoms with van der Waals surface area (Å²) in [5.74, 6) is -0.614. The number of anilines is 2. The lowest BCUT2D eigenvalue weighted by Gasteiger charge is -2.36. The summed E-state index contributed by atoms with van der Waals surface area (Å²) in [7, 11) is 1.70. The number of fused-ring (bicyclic) bond motifs is 1. The number of aromatic nitrogens is 1. The minimum Gasteiger partial charge on any atom is -0.313 e. The molecule has 1 aliphatic rings. The van der Waals surface area contributed by atoms with Gasteiger partial charge in [0.1, 0.15) is 0 Å². The number of nitrogens with zero attached hydrogens (tertiary/aromatic N) is 2. The molecule has 7 heteroatoms. The van der Waals surface area contributed by atoms with Crippen molar-refractivity contribution in [1.29, 1.82) is 0 Å². The maximum atomic E-state index is 13.0. The highest BCUT2D eigenvalue weighted by molar-refractivity contribution is 8.02. The first-order valence-corrected chi connectivity index (χ1v) is 10.1. The van der Waals surface area contributed by atoms with Gasteiger partial charge in [0.2, 0.25) is 0 Å². The third kappa shape index (κ3) is 3.13. The molecular weight excluding hydrogens is 378 g/mol. The van der Waals surface area contributed by atoms with E-state index in [9.17, 15) is 9.59 Å². The molecule has 3 aromatic rings. The van der Waals surface area contributed by atoms with Crippen LogP contribution in [0.15, 0.2) is 64.9 Å². The van der Waals surface area contributed by atoms with Crippen LogP contribution in [0, 0.1) is 0 Å². The van der Waals surface area contributed by atoms with Gasteiger partial charge in [0.25, 0.3) is 11.8 Å². The molecule has 0 saturated carbocycles. The summed E-state index contributed by atoms with van der Waals surface area (Å²) in [5, 5.41) is 5.20. The lowest BCUT2D eigenvalue weighted by atomic mass is 10.1. The van der Waals surface area contributed by atoms with Gasteiger partial charge in [-0.15, -0.1) is 11.3 Å². The fraction of sp³-hybridized carbons (Fsp3) is 0.150. The summed E-state index contributed by atoms with van der Waals surface area (Å²) >= 11 is 2.62. The number of benzene rings is 2. The number of hydrogen-bond acceptors (Lipinski definition) is 5. The van der Waals surface area contributed by atoms with Crippen molar-refractivity contribution in [3.05, 3.63) is 60.0 Å². The van der Waals surface area contributed by atoms with E-state index in [0.29, 0.717) is 5.13 Å². The van der Waals surface area contributed by atoms with Crippen molar-refractivity contribution >= 4 is 45.7 Å². The number of thioether (sulfide) groups is 1. The SMILES string of the molecule is CN1C(=O)C(C)(C(=O)Nc2nc(-c3ccccc3)cs2)Sc2ccccc21. The first-order chi connectivity index (χ1) is 13.0. The molecule has 2 amide bonds. The monoisotopic (exact) mass is 395 g/mol. The fourth-order valence-electron chi connectivity index (χ4n) is 2.95. The molecule has 0 radical (unpaired) electrons. The molecule has 2 aromatic carbocycles. The smallest absolute Gasteiger partial charge is 0.252 e. The van der Waals surface area contributed by atoms with Crippen molar-refractivity contribution in [3.8, 4) is 11.3 Å². The van der Waals surface area contributed by atoms with E-state index in [4.69, 9.17) is 0 Å². The maximum Gasteiger partial charge on any atom is 0.252 e. The van der Waals surface area contributed by atoms with E-state index in [0.717, 1.165) is 21.8 Å². The standard InChI is InChI=1S/C20H17N3O2S2/c1-20(18(25)23(2)15-10-6-7-11-16(15)27-20)17(24)22-19-21-14(12-26-19)13-8-4-3-5-9-13/h3-12H,1-2H3,(H,21,22,24). The zero-order valence-corrected chi connectivity index (χ0v) is 16.4. The van der Waals surface area contributed by atoms with Crippen LogP contribution in [0.25, 0.3) is 11.3 Å². The van der Waals surface area contributed by atoms with Crippen LogP contribution in [0.1, 0.15) is 6.92 Å². The van der Waals surface area contributed by atoms with E-state index in [2.05, 4.69) is 10.3 Å². The van der Waals surface area contributed by atoms with Gasteiger partial charge in [-0.05, 0) is 19.1 Å². The van der Waals surface area contributed by atoms with Gasteiger partial charge in [-0.2, -0.15) is 0 Å². The Morgan fingerprint density at radius 1 is 1.11 bits per heavy atom. The van der Waals surface area contributed by atoms with Crippen LogP contribution in [-0.2, 0) is 9.59 Å². The van der Waals surface area contributed by atoms with E-state index >= 15 is 0 Å². The Labute approximate surface area is 165 Å². The van der Waals surface area contributed by atoms with Crippen LogP contribution in [0.4, 0.5) is 10.8 Å². The molecule has 5 nitrogen and oxygen atoms in total. The van der Waals surface area contributed by atoms with Crippen molar-refractivity contribution < 1.29 is 9.59 Å². The first kappa shape index (κ1) is 17.8. The second-order valence-corrected chi connectivity index (χ2v) is 8.64. The number of amides is 2. The van der Waals surface area contributed by atoms with Crippen LogP contribution in [0.3, 0.4) is 0 Å². The lowest BCUT2D eigenvalue weighted by molar-refractivity contribution is -0.128. The normalized spacial score (nSPS) is 18.9. The van der Waals surface area contributed by atoms with Gasteiger partial charge in [-0.3, -0.25) is 9.59 Å². The van der Waals surface area contributed by atoms with Gasteiger partial charge >= 0.3 is 0 Å². The average Bonchev–Trinajstić information content (AvgIpc) is 3.15. The van der Waals surface area contributed by atoms with E-state index in [1.54, 1.807) is 18.9 Å². The highest BCUT2D eigenvalue weighted by Gasteiger charge is 2.48. The molecule has 1 atom stereocenters. The fourth-order valence-corrected chi connectivity index (χ4v) is 4.92. The Morgan fingerprint density at radius 2 is 1.81 bits per heavy atom. The topological polar surface area (TPSA) is 62.3 Å². The summed E-state index contributed by atoms with van der Waals surface area (Å²) in [4.78, 5) is 32.8. The predicted octanol–water partition coefficient (Wildman–Crippen LogP) is 4.28. The van der Waals surface area contributed by atoms with Gasteiger partial charge in [-0.1, -0.05) is 54.2 Å². The minimum atomic E-state index is -1.25. The molecule has 4 rings (SSSR count). The second kappa shape index (κ2) is 6.83. The molecule has 0 fully saturated rings. The van der Waals surface area contributed by atoms with Gasteiger partial charge in [0.15, 0.2) is 9.88 Å². The molecule has 1 aromatic heterocycles. The molecule has 27 heavy (non-hydrogen) atoms. The molecule has 136 valence electrons. The molecule has 2 heterocycles. The zero-order chi connectivity index (χ0) is 19.0. The highest BCUT2D eigenvalue weighted by Crippen LogP contribution is 2.45. The first-order valence-electron chi connectivity index (χ1n) is 8.37. The van der Waals surface area contributed by atoms with Gasteiger partial charge in [0, 0.05) is 22.9 Å². The number of carbonyl (C=O) groups excluding carboxylic acids is 2. The molecule has 1 N–H and O–H groups in total. The summed E-state index contributed by atoms with van der Waals surface area (Å²) in [6, 6.07) is 17.4. The number of hydrogen-bond donors (Lipinski definition) is 1. The largest absolute Gasteiger partial charge is 0.313 e. The number of rotatable bonds is 3. The van der Waals surface area contributed by atoms with Crippen molar-refractivity contribution in [3.63, 3.8) is 0 Å². The summed E-state index contributed by atoms with van der Waals surface area (Å²) < 4.78 is -1.25. The van der Waals surface area contributed by atoms with Crippen molar-refractivity contribution in [2.45, 2.75) is 16.6 Å². The van der Waals surface area contributed by atoms with Crippen molar-refractivity contribution in [2.75, 3.05) is 17.3 Å². The Bertz CT molecular complexity index is 1020. The van der Waals surface area contributed by atoms with Crippen molar-refractivity contribution in [1.82, 2.24) is 4.98 Å². The Morgan fingerprint density at radius 3 is 2.59 bits per heavy atom. The Hall–Kier alpha value is -2.64.